The van der Waals surface area contributed by atoms with Gasteiger partial charge in [-0.15, -0.1) is 0 Å². The van der Waals surface area contributed by atoms with Crippen LogP contribution in [-0.4, -0.2) is 38.4 Å². The maximum absolute atomic E-state index is 11.9. The molecule has 1 saturated heterocycles. The predicted octanol–water partition coefficient (Wildman–Crippen LogP) is -0.100. The third-order valence-corrected chi connectivity index (χ3v) is 4.41. The first-order valence-corrected chi connectivity index (χ1v) is 6.89. The first-order chi connectivity index (χ1) is 6.97. The Kier molecular flexibility index (Phi) is 4.51. The van der Waals surface area contributed by atoms with E-state index in [0.717, 1.165) is 12.8 Å². The lowest BCUT2D eigenvalue weighted by molar-refractivity contribution is 0.416. The van der Waals surface area contributed by atoms with Gasteiger partial charge in [-0.1, -0.05) is 13.8 Å². The van der Waals surface area contributed by atoms with Gasteiger partial charge in [0.1, 0.15) is 0 Å². The summed E-state index contributed by atoms with van der Waals surface area (Å²) in [7, 11) is -3.31. The zero-order chi connectivity index (χ0) is 11.5. The molecule has 3 N–H and O–H groups in total. The van der Waals surface area contributed by atoms with Crippen LogP contribution in [0.5, 0.6) is 0 Å². The van der Waals surface area contributed by atoms with E-state index in [4.69, 9.17) is 5.73 Å². The van der Waals surface area contributed by atoms with E-state index in [-0.39, 0.29) is 12.0 Å². The van der Waals surface area contributed by atoms with Crippen molar-refractivity contribution >= 4 is 10.2 Å². The number of nitrogens with zero attached hydrogens (tertiary/aromatic N) is 1. The van der Waals surface area contributed by atoms with Gasteiger partial charge in [0.15, 0.2) is 0 Å². The molecule has 0 spiro atoms. The molecule has 1 heterocycles. The molecule has 1 aliphatic heterocycles. The summed E-state index contributed by atoms with van der Waals surface area (Å²) in [6.07, 6.45) is 1.91. The number of nitrogens with one attached hydrogen (secondary N) is 1. The monoisotopic (exact) mass is 235 g/mol. The summed E-state index contributed by atoms with van der Waals surface area (Å²) in [5.41, 5.74) is 5.53. The number of nitrogens with two attached hydrogens (primary N) is 1. The Morgan fingerprint density at radius 1 is 1.33 bits per heavy atom. The Bertz CT molecular complexity index is 284. The average molecular weight is 235 g/mol. The van der Waals surface area contributed by atoms with Gasteiger partial charge in [-0.05, 0) is 18.8 Å². The van der Waals surface area contributed by atoms with E-state index in [9.17, 15) is 8.42 Å². The van der Waals surface area contributed by atoms with Crippen molar-refractivity contribution in [2.75, 3.05) is 19.6 Å². The van der Waals surface area contributed by atoms with E-state index in [1.54, 1.807) is 0 Å². The van der Waals surface area contributed by atoms with Crippen LogP contribution < -0.4 is 10.5 Å². The molecule has 0 amide bonds. The minimum atomic E-state index is -3.31. The molecular weight excluding hydrogens is 214 g/mol. The van der Waals surface area contributed by atoms with Gasteiger partial charge in [-0.3, -0.25) is 0 Å². The lowest BCUT2D eigenvalue weighted by Crippen LogP contribution is -2.49. The van der Waals surface area contributed by atoms with Crippen molar-refractivity contribution < 1.29 is 8.42 Å². The van der Waals surface area contributed by atoms with E-state index in [0.29, 0.717) is 19.6 Å². The SMILES string of the molecule is CC(C)C(CN)NS(=O)(=O)N1CCCC1. The molecule has 6 heteroatoms. The summed E-state index contributed by atoms with van der Waals surface area (Å²) in [5.74, 6) is 0.215. The highest BCUT2D eigenvalue weighted by Crippen LogP contribution is 2.12. The van der Waals surface area contributed by atoms with Gasteiger partial charge in [-0.25, -0.2) is 0 Å². The number of hydrogen-bond acceptors (Lipinski definition) is 3. The van der Waals surface area contributed by atoms with Crippen molar-refractivity contribution in [3.05, 3.63) is 0 Å². The number of hydrogen-bond donors (Lipinski definition) is 2. The number of rotatable bonds is 5. The Labute approximate surface area is 92.2 Å². The molecule has 0 saturated carbocycles. The van der Waals surface area contributed by atoms with Crippen LogP contribution in [0, 0.1) is 5.92 Å². The van der Waals surface area contributed by atoms with Gasteiger partial charge in [0.2, 0.25) is 0 Å². The summed E-state index contributed by atoms with van der Waals surface area (Å²) in [5, 5.41) is 0. The Hall–Kier alpha value is -0.170. The Balaban J connectivity index is 2.61. The topological polar surface area (TPSA) is 75.4 Å². The summed E-state index contributed by atoms with van der Waals surface area (Å²) in [6.45, 7) is 5.52. The minimum absolute atomic E-state index is 0.171. The van der Waals surface area contributed by atoms with Crippen molar-refractivity contribution in [3.63, 3.8) is 0 Å². The largest absolute Gasteiger partial charge is 0.329 e. The second-order valence-electron chi connectivity index (χ2n) is 4.32. The Morgan fingerprint density at radius 3 is 2.27 bits per heavy atom. The van der Waals surface area contributed by atoms with Gasteiger partial charge in [0.05, 0.1) is 0 Å². The van der Waals surface area contributed by atoms with Gasteiger partial charge in [0.25, 0.3) is 10.2 Å². The fourth-order valence-electron chi connectivity index (χ4n) is 1.65. The first kappa shape index (κ1) is 12.9. The van der Waals surface area contributed by atoms with Gasteiger partial charge >= 0.3 is 0 Å². The van der Waals surface area contributed by atoms with E-state index in [2.05, 4.69) is 4.72 Å². The van der Waals surface area contributed by atoms with E-state index >= 15 is 0 Å². The van der Waals surface area contributed by atoms with Crippen LogP contribution in [0.3, 0.4) is 0 Å². The van der Waals surface area contributed by atoms with Gasteiger partial charge in [0, 0.05) is 25.7 Å². The molecule has 0 aromatic carbocycles. The second kappa shape index (κ2) is 5.25. The average Bonchev–Trinajstić information content (AvgIpc) is 2.67. The first-order valence-electron chi connectivity index (χ1n) is 5.45. The van der Waals surface area contributed by atoms with Crippen LogP contribution in [0.25, 0.3) is 0 Å². The normalized spacial score (nSPS) is 21.1. The van der Waals surface area contributed by atoms with Crippen LogP contribution in [0.4, 0.5) is 0 Å². The third kappa shape index (κ3) is 3.41. The molecule has 0 aliphatic carbocycles. The van der Waals surface area contributed by atoms with Crippen LogP contribution in [-0.2, 0) is 10.2 Å². The zero-order valence-electron chi connectivity index (χ0n) is 9.44. The van der Waals surface area contributed by atoms with Crippen molar-refractivity contribution in [2.45, 2.75) is 32.7 Å². The highest BCUT2D eigenvalue weighted by Gasteiger charge is 2.28. The molecule has 0 bridgehead atoms. The lowest BCUT2D eigenvalue weighted by atomic mass is 10.1. The molecule has 0 radical (unpaired) electrons. The van der Waals surface area contributed by atoms with Crippen LogP contribution in [0.1, 0.15) is 26.7 Å². The van der Waals surface area contributed by atoms with Crippen LogP contribution in [0.15, 0.2) is 0 Å². The molecule has 1 atom stereocenters. The standard InChI is InChI=1S/C9H21N3O2S/c1-8(2)9(7-10)11-15(13,14)12-5-3-4-6-12/h8-9,11H,3-7,10H2,1-2H3. The van der Waals surface area contributed by atoms with Crippen LogP contribution in [0.2, 0.25) is 0 Å². The summed E-state index contributed by atoms with van der Waals surface area (Å²) < 4.78 is 27.9. The molecule has 1 aliphatic rings. The van der Waals surface area contributed by atoms with Crippen molar-refractivity contribution in [2.24, 2.45) is 11.7 Å². The minimum Gasteiger partial charge on any atom is -0.329 e. The lowest BCUT2D eigenvalue weighted by Gasteiger charge is -2.24. The second-order valence-corrected chi connectivity index (χ2v) is 6.02. The van der Waals surface area contributed by atoms with Gasteiger partial charge < -0.3 is 5.73 Å². The van der Waals surface area contributed by atoms with E-state index < -0.39 is 10.2 Å². The molecule has 0 aromatic heterocycles. The Morgan fingerprint density at radius 2 is 1.87 bits per heavy atom. The molecule has 15 heavy (non-hydrogen) atoms. The molecule has 1 rings (SSSR count). The molecular formula is C9H21N3O2S. The molecule has 5 nitrogen and oxygen atoms in total. The molecule has 0 aromatic rings. The summed E-state index contributed by atoms with van der Waals surface area (Å²) in [6, 6.07) is -0.171. The molecule has 1 unspecified atom stereocenters. The van der Waals surface area contributed by atoms with Crippen molar-refractivity contribution in [3.8, 4) is 0 Å². The van der Waals surface area contributed by atoms with Crippen molar-refractivity contribution in [1.82, 2.24) is 9.03 Å². The van der Waals surface area contributed by atoms with E-state index in [1.165, 1.54) is 4.31 Å². The smallest absolute Gasteiger partial charge is 0.279 e. The maximum Gasteiger partial charge on any atom is 0.279 e. The van der Waals surface area contributed by atoms with Gasteiger partial charge in [-0.2, -0.15) is 17.4 Å². The quantitative estimate of drug-likeness (QED) is 0.698. The highest BCUT2D eigenvalue weighted by atomic mass is 32.2. The highest BCUT2D eigenvalue weighted by molar-refractivity contribution is 7.87. The van der Waals surface area contributed by atoms with Crippen molar-refractivity contribution in [1.29, 1.82) is 0 Å². The van der Waals surface area contributed by atoms with Crippen LogP contribution >= 0.6 is 0 Å². The fraction of sp³-hybridized carbons (Fsp3) is 1.00. The zero-order valence-corrected chi connectivity index (χ0v) is 10.3. The summed E-state index contributed by atoms with van der Waals surface area (Å²) >= 11 is 0. The molecule has 90 valence electrons. The third-order valence-electron chi connectivity index (χ3n) is 2.76. The maximum atomic E-state index is 11.9. The van der Waals surface area contributed by atoms with E-state index in [1.807, 2.05) is 13.8 Å². The predicted molar refractivity (Wildman–Crippen MR) is 60.5 cm³/mol. The fourth-order valence-corrected chi connectivity index (χ4v) is 3.29. The summed E-state index contributed by atoms with van der Waals surface area (Å²) in [4.78, 5) is 0. The molecule has 1 fully saturated rings.